The summed E-state index contributed by atoms with van der Waals surface area (Å²) in [6.45, 7) is 4.50. The quantitative estimate of drug-likeness (QED) is 0.629. The van der Waals surface area contributed by atoms with E-state index in [1.165, 1.54) is 22.8 Å². The highest BCUT2D eigenvalue weighted by molar-refractivity contribution is 6.20. The summed E-state index contributed by atoms with van der Waals surface area (Å²) >= 11 is 6.46. The second-order valence-electron chi connectivity index (χ2n) is 5.41. The lowest BCUT2D eigenvalue weighted by Gasteiger charge is -2.13. The van der Waals surface area contributed by atoms with Gasteiger partial charge >= 0.3 is 0 Å². The fourth-order valence-corrected chi connectivity index (χ4v) is 2.62. The smallest absolute Gasteiger partial charge is 0.0376 e. The summed E-state index contributed by atoms with van der Waals surface area (Å²) in [6.07, 6.45) is 3.27. The van der Waals surface area contributed by atoms with Crippen LogP contribution in [0.1, 0.15) is 32.3 Å². The van der Waals surface area contributed by atoms with Crippen molar-refractivity contribution >= 4 is 22.4 Å². The molecule has 0 amide bonds. The Bertz CT molecular complexity index is 496. The molecule has 0 heterocycles. The van der Waals surface area contributed by atoms with E-state index in [0.717, 1.165) is 18.8 Å². The van der Waals surface area contributed by atoms with Crippen molar-refractivity contribution in [2.75, 3.05) is 0 Å². The number of hydrogen-bond acceptors (Lipinski definition) is 0. The van der Waals surface area contributed by atoms with Crippen LogP contribution in [-0.4, -0.2) is 5.38 Å². The molecular weight excluding hydrogens is 240 g/mol. The van der Waals surface area contributed by atoms with E-state index in [1.54, 1.807) is 0 Å². The summed E-state index contributed by atoms with van der Waals surface area (Å²) < 4.78 is 0. The van der Waals surface area contributed by atoms with E-state index in [9.17, 15) is 0 Å². The normalized spacial score (nSPS) is 13.1. The molecule has 1 heteroatoms. The van der Waals surface area contributed by atoms with Crippen LogP contribution in [-0.2, 0) is 6.42 Å². The third-order valence-electron chi connectivity index (χ3n) is 3.38. The van der Waals surface area contributed by atoms with Gasteiger partial charge in [-0.15, -0.1) is 11.6 Å². The lowest BCUT2D eigenvalue weighted by molar-refractivity contribution is 0.542. The van der Waals surface area contributed by atoms with Crippen molar-refractivity contribution in [1.29, 1.82) is 0 Å². The fourth-order valence-electron chi connectivity index (χ4n) is 2.33. The van der Waals surface area contributed by atoms with Gasteiger partial charge in [0.1, 0.15) is 0 Å². The first-order valence-corrected chi connectivity index (χ1v) is 7.21. The molecule has 1 unspecified atom stereocenters. The number of fused-ring (bicyclic) bond motifs is 1. The van der Waals surface area contributed by atoms with Crippen molar-refractivity contribution < 1.29 is 0 Å². The summed E-state index contributed by atoms with van der Waals surface area (Å²) in [5.41, 5.74) is 1.37. The molecule has 2 aromatic rings. The van der Waals surface area contributed by atoms with Crippen molar-refractivity contribution in [1.82, 2.24) is 0 Å². The molecule has 0 nitrogen and oxygen atoms in total. The van der Waals surface area contributed by atoms with Crippen molar-refractivity contribution in [2.24, 2.45) is 5.92 Å². The van der Waals surface area contributed by atoms with Crippen molar-refractivity contribution in [3.63, 3.8) is 0 Å². The molecule has 0 N–H and O–H groups in total. The Morgan fingerprint density at radius 2 is 1.67 bits per heavy atom. The molecule has 0 spiro atoms. The van der Waals surface area contributed by atoms with Gasteiger partial charge < -0.3 is 0 Å². The molecule has 2 rings (SSSR count). The summed E-state index contributed by atoms with van der Waals surface area (Å²) in [6, 6.07) is 15.0. The van der Waals surface area contributed by atoms with Crippen LogP contribution in [0.3, 0.4) is 0 Å². The number of alkyl halides is 1. The largest absolute Gasteiger partial charge is 0.123 e. The number of benzene rings is 2. The Kier molecular flexibility index (Phi) is 4.66. The molecule has 0 radical (unpaired) electrons. The van der Waals surface area contributed by atoms with Gasteiger partial charge in [-0.05, 0) is 41.5 Å². The third-order valence-corrected chi connectivity index (χ3v) is 3.75. The third kappa shape index (κ3) is 3.49. The zero-order chi connectivity index (χ0) is 13.0. The minimum absolute atomic E-state index is 0.248. The number of rotatable bonds is 5. The molecule has 0 aliphatic heterocycles. The van der Waals surface area contributed by atoms with Crippen LogP contribution < -0.4 is 0 Å². The van der Waals surface area contributed by atoms with Crippen LogP contribution in [0.15, 0.2) is 42.5 Å². The number of halogens is 1. The van der Waals surface area contributed by atoms with E-state index in [4.69, 9.17) is 11.6 Å². The summed E-state index contributed by atoms with van der Waals surface area (Å²) in [5.74, 6) is 0.735. The summed E-state index contributed by atoms with van der Waals surface area (Å²) in [5, 5.41) is 2.90. The van der Waals surface area contributed by atoms with Crippen LogP contribution in [0.2, 0.25) is 0 Å². The maximum absolute atomic E-state index is 6.46. The second kappa shape index (κ2) is 6.24. The van der Waals surface area contributed by atoms with E-state index < -0.39 is 0 Å². The van der Waals surface area contributed by atoms with Gasteiger partial charge in [0.2, 0.25) is 0 Å². The average molecular weight is 261 g/mol. The first kappa shape index (κ1) is 13.4. The first-order valence-electron chi connectivity index (χ1n) is 6.77. The van der Waals surface area contributed by atoms with Gasteiger partial charge in [0.05, 0.1) is 0 Å². The topological polar surface area (TPSA) is 0 Å². The van der Waals surface area contributed by atoms with E-state index >= 15 is 0 Å². The number of hydrogen-bond donors (Lipinski definition) is 0. The Balaban J connectivity index is 2.11. The monoisotopic (exact) mass is 260 g/mol. The minimum Gasteiger partial charge on any atom is -0.123 e. The van der Waals surface area contributed by atoms with Gasteiger partial charge in [0.15, 0.2) is 0 Å². The molecule has 0 bridgehead atoms. The van der Waals surface area contributed by atoms with Crippen LogP contribution in [0.25, 0.3) is 10.8 Å². The first-order chi connectivity index (χ1) is 8.66. The molecule has 96 valence electrons. The molecule has 2 aromatic carbocycles. The molecule has 18 heavy (non-hydrogen) atoms. The molecule has 0 fully saturated rings. The predicted molar refractivity (Wildman–Crippen MR) is 81.4 cm³/mol. The molecule has 0 saturated heterocycles. The Hall–Kier alpha value is -1.01. The molecule has 0 aliphatic carbocycles. The SMILES string of the molecule is CC(C)CCC(Cl)Cc1cccc2ccccc12. The van der Waals surface area contributed by atoms with Gasteiger partial charge in [-0.3, -0.25) is 0 Å². The fraction of sp³-hybridized carbons (Fsp3) is 0.412. The van der Waals surface area contributed by atoms with Crippen LogP contribution in [0, 0.1) is 5.92 Å². The molecule has 0 saturated carbocycles. The van der Waals surface area contributed by atoms with Gasteiger partial charge in [0.25, 0.3) is 0 Å². The lowest BCUT2D eigenvalue weighted by atomic mass is 9.98. The minimum atomic E-state index is 0.248. The Morgan fingerprint density at radius 3 is 2.44 bits per heavy atom. The van der Waals surface area contributed by atoms with Crippen LogP contribution in [0.5, 0.6) is 0 Å². The summed E-state index contributed by atoms with van der Waals surface area (Å²) in [4.78, 5) is 0. The lowest BCUT2D eigenvalue weighted by Crippen LogP contribution is -2.05. The van der Waals surface area contributed by atoms with Gasteiger partial charge in [-0.25, -0.2) is 0 Å². The molecule has 0 aromatic heterocycles. The zero-order valence-electron chi connectivity index (χ0n) is 11.2. The standard InChI is InChI=1S/C17H21Cl/c1-13(2)10-11-16(18)12-15-8-5-7-14-6-3-4-9-17(14)15/h3-9,13,16H,10-12H2,1-2H3. The highest BCUT2D eigenvalue weighted by atomic mass is 35.5. The van der Waals surface area contributed by atoms with Crippen molar-refractivity contribution in [2.45, 2.75) is 38.5 Å². The highest BCUT2D eigenvalue weighted by Gasteiger charge is 2.09. The van der Waals surface area contributed by atoms with E-state index in [1.807, 2.05) is 0 Å². The van der Waals surface area contributed by atoms with Crippen molar-refractivity contribution in [3.8, 4) is 0 Å². The molecule has 1 atom stereocenters. The molecular formula is C17H21Cl. The zero-order valence-corrected chi connectivity index (χ0v) is 12.0. The maximum Gasteiger partial charge on any atom is 0.0376 e. The van der Waals surface area contributed by atoms with Crippen molar-refractivity contribution in [3.05, 3.63) is 48.0 Å². The van der Waals surface area contributed by atoms with Crippen LogP contribution >= 0.6 is 11.6 Å². The second-order valence-corrected chi connectivity index (χ2v) is 6.03. The van der Waals surface area contributed by atoms with Gasteiger partial charge in [-0.2, -0.15) is 0 Å². The van der Waals surface area contributed by atoms with E-state index in [0.29, 0.717) is 0 Å². The van der Waals surface area contributed by atoms with Crippen LogP contribution in [0.4, 0.5) is 0 Å². The van der Waals surface area contributed by atoms with Gasteiger partial charge in [0, 0.05) is 5.38 Å². The highest BCUT2D eigenvalue weighted by Crippen LogP contribution is 2.23. The Morgan fingerprint density at radius 1 is 0.944 bits per heavy atom. The van der Waals surface area contributed by atoms with Gasteiger partial charge in [-0.1, -0.05) is 56.3 Å². The summed E-state index contributed by atoms with van der Waals surface area (Å²) in [7, 11) is 0. The predicted octanol–water partition coefficient (Wildman–Crippen LogP) is 5.43. The molecule has 0 aliphatic rings. The Labute approximate surface area is 115 Å². The van der Waals surface area contributed by atoms with E-state index in [-0.39, 0.29) is 5.38 Å². The van der Waals surface area contributed by atoms with E-state index in [2.05, 4.69) is 56.3 Å². The average Bonchev–Trinajstić information content (AvgIpc) is 2.37. The maximum atomic E-state index is 6.46.